The Morgan fingerprint density at radius 3 is 2.87 bits per heavy atom. The van der Waals surface area contributed by atoms with Crippen LogP contribution in [-0.4, -0.2) is 58.0 Å². The van der Waals surface area contributed by atoms with E-state index in [1.807, 2.05) is 39.9 Å². The smallest absolute Gasteiger partial charge is 0.245 e. The van der Waals surface area contributed by atoms with E-state index in [2.05, 4.69) is 36.0 Å². The number of aliphatic hydroxyl groups excluding tert-OH is 1. The molecule has 4 aromatic rings. The van der Waals surface area contributed by atoms with Gasteiger partial charge in [-0.3, -0.25) is 4.57 Å². The van der Waals surface area contributed by atoms with Gasteiger partial charge in [-0.2, -0.15) is 4.98 Å². The van der Waals surface area contributed by atoms with Gasteiger partial charge in [-0.1, -0.05) is 0 Å². The number of nitrogens with zero attached hydrogens (tertiary/aromatic N) is 8. The maximum absolute atomic E-state index is 9.70. The lowest BCUT2D eigenvalue weighted by Crippen LogP contribution is -2.34. The summed E-state index contributed by atoms with van der Waals surface area (Å²) in [6, 6.07) is 4.55. The predicted octanol–water partition coefficient (Wildman–Crippen LogP) is 2.54. The van der Waals surface area contributed by atoms with Crippen molar-refractivity contribution in [1.82, 2.24) is 33.7 Å². The van der Waals surface area contributed by atoms with E-state index in [1.165, 1.54) is 19.3 Å². The molecule has 0 spiro atoms. The number of nitrogens with one attached hydrogen (secondary N) is 1. The van der Waals surface area contributed by atoms with Crippen LogP contribution in [0.5, 0.6) is 0 Å². The first-order valence-corrected chi connectivity index (χ1v) is 10.9. The molecule has 10 nitrogen and oxygen atoms in total. The summed E-state index contributed by atoms with van der Waals surface area (Å²) in [7, 11) is 0. The summed E-state index contributed by atoms with van der Waals surface area (Å²) in [6.07, 6.45) is 15.3. The average molecular weight is 419 g/mol. The Morgan fingerprint density at radius 2 is 2.03 bits per heavy atom. The molecule has 2 N–H and O–H groups in total. The van der Waals surface area contributed by atoms with Crippen molar-refractivity contribution in [2.45, 2.75) is 44.2 Å². The summed E-state index contributed by atoms with van der Waals surface area (Å²) in [5, 5.41) is 17.7. The van der Waals surface area contributed by atoms with Crippen LogP contribution >= 0.6 is 0 Å². The van der Waals surface area contributed by atoms with Gasteiger partial charge in [0.05, 0.1) is 25.2 Å². The molecule has 0 amide bonds. The summed E-state index contributed by atoms with van der Waals surface area (Å²) < 4.78 is 5.92. The summed E-state index contributed by atoms with van der Waals surface area (Å²) in [4.78, 5) is 15.9. The van der Waals surface area contributed by atoms with Crippen molar-refractivity contribution in [3.8, 4) is 5.82 Å². The molecule has 0 aromatic carbocycles. The normalized spacial score (nSPS) is 19.3. The molecule has 160 valence electrons. The molecule has 1 saturated carbocycles. The number of rotatable bonds is 6. The molecule has 0 bridgehead atoms. The summed E-state index contributed by atoms with van der Waals surface area (Å²) in [5.41, 5.74) is 0.868. The minimum Gasteiger partial charge on any atom is -0.394 e. The third-order valence-corrected chi connectivity index (χ3v) is 6.40. The molecule has 31 heavy (non-hydrogen) atoms. The molecule has 4 aromatic heterocycles. The molecule has 2 fully saturated rings. The van der Waals surface area contributed by atoms with Crippen LogP contribution in [-0.2, 0) is 0 Å². The molecule has 5 heterocycles. The van der Waals surface area contributed by atoms with Crippen LogP contribution in [0.1, 0.15) is 38.1 Å². The number of imidazole rings is 2. The van der Waals surface area contributed by atoms with Gasteiger partial charge in [0.25, 0.3) is 0 Å². The van der Waals surface area contributed by atoms with Crippen molar-refractivity contribution in [3.63, 3.8) is 0 Å². The Balaban J connectivity index is 1.28. The quantitative estimate of drug-likeness (QED) is 0.495. The van der Waals surface area contributed by atoms with Crippen molar-refractivity contribution in [2.24, 2.45) is 0 Å². The maximum Gasteiger partial charge on any atom is 0.245 e. The van der Waals surface area contributed by atoms with Gasteiger partial charge in [-0.25, -0.2) is 14.5 Å². The molecule has 6 rings (SSSR count). The highest BCUT2D eigenvalue weighted by atomic mass is 16.3. The van der Waals surface area contributed by atoms with Gasteiger partial charge < -0.3 is 19.9 Å². The first kappa shape index (κ1) is 18.4. The van der Waals surface area contributed by atoms with Crippen molar-refractivity contribution >= 4 is 23.1 Å². The summed E-state index contributed by atoms with van der Waals surface area (Å²) in [6.45, 7) is 0.948. The third-order valence-electron chi connectivity index (χ3n) is 6.40. The van der Waals surface area contributed by atoms with E-state index < -0.39 is 0 Å². The molecule has 10 heteroatoms. The largest absolute Gasteiger partial charge is 0.394 e. The predicted molar refractivity (Wildman–Crippen MR) is 116 cm³/mol. The minimum absolute atomic E-state index is 0.0610. The Morgan fingerprint density at radius 1 is 1.10 bits per heavy atom. The van der Waals surface area contributed by atoms with E-state index >= 15 is 0 Å². The molecule has 0 radical (unpaired) electrons. The van der Waals surface area contributed by atoms with Crippen molar-refractivity contribution in [1.29, 1.82) is 0 Å². The molecule has 1 atom stereocenters. The molecule has 1 aliphatic carbocycles. The fraction of sp³-hybridized carbons (Fsp3) is 0.429. The SMILES string of the molecule is OC[C@@H]1CCCN1c1nc(Nc2cn(-c3cn(C4CCC4)cn3)cn2)c2cccn2n1. The van der Waals surface area contributed by atoms with E-state index in [9.17, 15) is 5.11 Å². The first-order valence-electron chi connectivity index (χ1n) is 10.9. The van der Waals surface area contributed by atoms with Gasteiger partial charge in [0.2, 0.25) is 5.95 Å². The lowest BCUT2D eigenvalue weighted by atomic mass is 9.93. The lowest BCUT2D eigenvalue weighted by molar-refractivity contribution is 0.265. The highest BCUT2D eigenvalue weighted by molar-refractivity contribution is 5.73. The van der Waals surface area contributed by atoms with Gasteiger partial charge in [0, 0.05) is 25.0 Å². The topological polar surface area (TPSA) is 101 Å². The Hall–Kier alpha value is -3.40. The second-order valence-corrected chi connectivity index (χ2v) is 8.33. The van der Waals surface area contributed by atoms with Gasteiger partial charge in [-0.15, -0.1) is 5.10 Å². The average Bonchev–Trinajstić information content (AvgIpc) is 3.51. The van der Waals surface area contributed by atoms with E-state index in [-0.39, 0.29) is 12.6 Å². The summed E-state index contributed by atoms with van der Waals surface area (Å²) >= 11 is 0. The van der Waals surface area contributed by atoms with Crippen LogP contribution in [0.3, 0.4) is 0 Å². The zero-order valence-corrected chi connectivity index (χ0v) is 17.2. The number of anilines is 3. The van der Waals surface area contributed by atoms with Crippen LogP contribution in [0, 0.1) is 0 Å². The highest BCUT2D eigenvalue weighted by Gasteiger charge is 2.27. The van der Waals surface area contributed by atoms with Crippen LogP contribution in [0.2, 0.25) is 0 Å². The Labute approximate surface area is 179 Å². The maximum atomic E-state index is 9.70. The van der Waals surface area contributed by atoms with E-state index in [0.29, 0.717) is 23.6 Å². The van der Waals surface area contributed by atoms with Crippen molar-refractivity contribution in [2.75, 3.05) is 23.4 Å². The van der Waals surface area contributed by atoms with Gasteiger partial charge in [0.1, 0.15) is 17.7 Å². The Bertz CT molecular complexity index is 1200. The minimum atomic E-state index is 0.0610. The number of aromatic nitrogens is 7. The number of hydrogen-bond acceptors (Lipinski definition) is 7. The molecule has 0 unspecified atom stereocenters. The van der Waals surface area contributed by atoms with Gasteiger partial charge >= 0.3 is 0 Å². The molecule has 2 aliphatic rings. The monoisotopic (exact) mass is 419 g/mol. The fourth-order valence-electron chi connectivity index (χ4n) is 4.40. The van der Waals surface area contributed by atoms with Crippen LogP contribution in [0.15, 0.2) is 43.4 Å². The van der Waals surface area contributed by atoms with E-state index in [1.54, 1.807) is 6.33 Å². The highest BCUT2D eigenvalue weighted by Crippen LogP contribution is 2.32. The zero-order valence-electron chi connectivity index (χ0n) is 17.2. The van der Waals surface area contributed by atoms with Gasteiger partial charge in [-0.05, 0) is 44.2 Å². The standard InChI is InChI=1S/C21H25N9O/c31-12-16-6-2-8-29(16)21-25-20(17-7-3-9-30(17)26-21)24-18-10-28(13-22-18)19-11-27(14-23-19)15-4-1-5-15/h3,7,9-11,13-16,31H,1-2,4-6,8,12H2,(H,24,25,26)/t16-/m0/s1. The molecule has 1 aliphatic heterocycles. The van der Waals surface area contributed by atoms with Crippen LogP contribution < -0.4 is 10.2 Å². The first-order chi connectivity index (χ1) is 15.3. The molecular weight excluding hydrogens is 394 g/mol. The number of aliphatic hydroxyl groups is 1. The van der Waals surface area contributed by atoms with Gasteiger partial charge in [0.15, 0.2) is 11.6 Å². The lowest BCUT2D eigenvalue weighted by Gasteiger charge is -2.26. The van der Waals surface area contributed by atoms with E-state index in [0.717, 1.165) is 30.7 Å². The molecule has 1 saturated heterocycles. The number of fused-ring (bicyclic) bond motifs is 1. The van der Waals surface area contributed by atoms with E-state index in [4.69, 9.17) is 4.98 Å². The fourth-order valence-corrected chi connectivity index (χ4v) is 4.40. The summed E-state index contributed by atoms with van der Waals surface area (Å²) in [5.74, 6) is 2.84. The second kappa shape index (κ2) is 7.38. The van der Waals surface area contributed by atoms with Crippen LogP contribution in [0.25, 0.3) is 11.3 Å². The second-order valence-electron chi connectivity index (χ2n) is 8.33. The van der Waals surface area contributed by atoms with Crippen molar-refractivity contribution in [3.05, 3.63) is 43.4 Å². The zero-order chi connectivity index (χ0) is 20.8. The number of hydrogen-bond donors (Lipinski definition) is 2. The van der Waals surface area contributed by atoms with Crippen LogP contribution in [0.4, 0.5) is 17.6 Å². The Kier molecular flexibility index (Phi) is 4.37. The van der Waals surface area contributed by atoms with Crippen molar-refractivity contribution < 1.29 is 5.11 Å². The third kappa shape index (κ3) is 3.23. The molecular formula is C21H25N9O.